The van der Waals surface area contributed by atoms with Crippen molar-refractivity contribution in [1.82, 2.24) is 10.2 Å². The molecule has 1 N–H and O–H groups in total. The molecule has 2 heterocycles. The highest BCUT2D eigenvalue weighted by Gasteiger charge is 2.19. The van der Waals surface area contributed by atoms with Gasteiger partial charge in [0.15, 0.2) is 0 Å². The van der Waals surface area contributed by atoms with E-state index in [0.717, 1.165) is 24.6 Å². The average molecular weight is 250 g/mol. The highest BCUT2D eigenvalue weighted by molar-refractivity contribution is 5.20. The van der Waals surface area contributed by atoms with Gasteiger partial charge in [0.05, 0.1) is 6.54 Å². The first-order valence-corrected chi connectivity index (χ1v) is 7.17. The summed E-state index contributed by atoms with van der Waals surface area (Å²) in [5, 5.41) is 3.14. The van der Waals surface area contributed by atoms with E-state index in [9.17, 15) is 0 Å². The summed E-state index contributed by atoms with van der Waals surface area (Å²) >= 11 is 0. The van der Waals surface area contributed by atoms with Crippen LogP contribution in [-0.2, 0) is 13.1 Å². The van der Waals surface area contributed by atoms with Gasteiger partial charge in [0.1, 0.15) is 11.5 Å². The lowest BCUT2D eigenvalue weighted by Crippen LogP contribution is -2.32. The van der Waals surface area contributed by atoms with E-state index in [2.05, 4.69) is 30.1 Å². The van der Waals surface area contributed by atoms with Crippen molar-refractivity contribution in [3.63, 3.8) is 0 Å². The molecule has 1 saturated heterocycles. The van der Waals surface area contributed by atoms with Crippen molar-refractivity contribution >= 4 is 0 Å². The van der Waals surface area contributed by atoms with Crippen LogP contribution >= 0.6 is 0 Å². The van der Waals surface area contributed by atoms with Crippen molar-refractivity contribution in [3.8, 4) is 0 Å². The molecule has 1 aliphatic rings. The summed E-state index contributed by atoms with van der Waals surface area (Å²) in [6, 6.07) is 2.92. The molecular weight excluding hydrogens is 224 g/mol. The summed E-state index contributed by atoms with van der Waals surface area (Å²) in [6.07, 6.45) is 5.44. The summed E-state index contributed by atoms with van der Waals surface area (Å²) in [4.78, 5) is 2.61. The number of hydrogen-bond donors (Lipinski definition) is 1. The molecule has 1 aliphatic heterocycles. The largest absolute Gasteiger partial charge is 0.465 e. The van der Waals surface area contributed by atoms with E-state index in [1.54, 1.807) is 0 Å². The maximum atomic E-state index is 5.77. The minimum absolute atomic E-state index is 0.703. The van der Waals surface area contributed by atoms with Gasteiger partial charge in [0.25, 0.3) is 0 Å². The van der Waals surface area contributed by atoms with Crippen LogP contribution in [-0.4, -0.2) is 24.5 Å². The molecule has 2 rings (SSSR count). The van der Waals surface area contributed by atoms with Gasteiger partial charge in [-0.1, -0.05) is 12.8 Å². The zero-order chi connectivity index (χ0) is 13.0. The predicted molar refractivity (Wildman–Crippen MR) is 74.5 cm³/mol. The molecule has 1 aromatic heterocycles. The van der Waals surface area contributed by atoms with Crippen LogP contribution < -0.4 is 5.32 Å². The number of nitrogens with one attached hydrogen (secondary N) is 1. The lowest BCUT2D eigenvalue weighted by atomic mass is 10.1. The maximum Gasteiger partial charge on any atom is 0.118 e. The molecular formula is C15H26N2O. The number of furan rings is 1. The second-order valence-electron chi connectivity index (χ2n) is 5.49. The molecule has 3 nitrogen and oxygen atoms in total. The quantitative estimate of drug-likeness (QED) is 0.890. The summed E-state index contributed by atoms with van der Waals surface area (Å²) in [5.74, 6) is 2.13. The Morgan fingerprint density at radius 3 is 3.00 bits per heavy atom. The number of likely N-dealkylation sites (tertiary alicyclic amines) is 1. The zero-order valence-electron chi connectivity index (χ0n) is 12.0. The van der Waals surface area contributed by atoms with Gasteiger partial charge in [-0.15, -0.1) is 0 Å². The van der Waals surface area contributed by atoms with Crippen LogP contribution in [0.2, 0.25) is 0 Å². The fraction of sp³-hybridized carbons (Fsp3) is 0.733. The summed E-state index contributed by atoms with van der Waals surface area (Å²) in [7, 11) is 1.95. The third kappa shape index (κ3) is 3.36. The number of nitrogens with zero attached hydrogens (tertiary/aromatic N) is 1. The van der Waals surface area contributed by atoms with Gasteiger partial charge in [-0.05, 0) is 46.3 Å². The number of hydrogen-bond acceptors (Lipinski definition) is 3. The molecule has 0 bridgehead atoms. The normalized spacial score (nSPS) is 22.1. The highest BCUT2D eigenvalue weighted by atomic mass is 16.3. The second kappa shape index (κ2) is 6.39. The molecule has 3 heteroatoms. The zero-order valence-corrected chi connectivity index (χ0v) is 12.0. The van der Waals surface area contributed by atoms with Crippen molar-refractivity contribution in [3.05, 3.63) is 23.2 Å². The Morgan fingerprint density at radius 2 is 2.22 bits per heavy atom. The Balaban J connectivity index is 2.02. The molecule has 0 aromatic carbocycles. The summed E-state index contributed by atoms with van der Waals surface area (Å²) in [5.41, 5.74) is 1.36. The van der Waals surface area contributed by atoms with Gasteiger partial charge in [-0.2, -0.15) is 0 Å². The van der Waals surface area contributed by atoms with Gasteiger partial charge in [0, 0.05) is 18.2 Å². The van der Waals surface area contributed by atoms with Gasteiger partial charge in [-0.25, -0.2) is 0 Å². The highest BCUT2D eigenvalue weighted by Crippen LogP contribution is 2.22. The lowest BCUT2D eigenvalue weighted by molar-refractivity contribution is 0.204. The van der Waals surface area contributed by atoms with Gasteiger partial charge in [0.2, 0.25) is 0 Å². The van der Waals surface area contributed by atoms with E-state index in [4.69, 9.17) is 4.42 Å². The van der Waals surface area contributed by atoms with E-state index in [1.807, 2.05) is 7.05 Å². The Kier molecular flexibility index (Phi) is 4.84. The van der Waals surface area contributed by atoms with Crippen LogP contribution in [0.5, 0.6) is 0 Å². The Labute approximate surface area is 111 Å². The van der Waals surface area contributed by atoms with Crippen LogP contribution in [0.25, 0.3) is 0 Å². The fourth-order valence-electron chi connectivity index (χ4n) is 2.79. The molecule has 1 unspecified atom stereocenters. The maximum absolute atomic E-state index is 5.77. The molecule has 1 fully saturated rings. The van der Waals surface area contributed by atoms with Crippen molar-refractivity contribution in [1.29, 1.82) is 0 Å². The van der Waals surface area contributed by atoms with Crippen LogP contribution in [0.3, 0.4) is 0 Å². The van der Waals surface area contributed by atoms with E-state index >= 15 is 0 Å². The van der Waals surface area contributed by atoms with E-state index in [0.29, 0.717) is 6.04 Å². The Morgan fingerprint density at radius 1 is 1.39 bits per heavy atom. The summed E-state index contributed by atoms with van der Waals surface area (Å²) < 4.78 is 5.77. The van der Waals surface area contributed by atoms with Crippen LogP contribution in [0.15, 0.2) is 10.5 Å². The molecule has 102 valence electrons. The minimum Gasteiger partial charge on any atom is -0.465 e. The van der Waals surface area contributed by atoms with E-state index in [1.165, 1.54) is 37.8 Å². The fourth-order valence-corrected chi connectivity index (χ4v) is 2.79. The van der Waals surface area contributed by atoms with Crippen molar-refractivity contribution in [2.75, 3.05) is 13.6 Å². The first-order chi connectivity index (χ1) is 8.70. The monoisotopic (exact) mass is 250 g/mol. The predicted octanol–water partition coefficient (Wildman–Crippen LogP) is 3.07. The van der Waals surface area contributed by atoms with E-state index in [-0.39, 0.29) is 0 Å². The first kappa shape index (κ1) is 13.6. The molecule has 0 aliphatic carbocycles. The minimum atomic E-state index is 0.703. The van der Waals surface area contributed by atoms with Crippen molar-refractivity contribution in [2.45, 2.75) is 58.7 Å². The molecule has 1 atom stereocenters. The molecule has 0 spiro atoms. The van der Waals surface area contributed by atoms with Crippen LogP contribution in [0.1, 0.15) is 49.7 Å². The molecule has 0 radical (unpaired) electrons. The van der Waals surface area contributed by atoms with E-state index < -0.39 is 0 Å². The SMILES string of the molecule is CNCc1cc(CN2CCCCCC2C)c(C)o1. The average Bonchev–Trinajstić information content (AvgIpc) is 2.55. The number of aryl methyl sites for hydroxylation is 1. The van der Waals surface area contributed by atoms with Gasteiger partial charge < -0.3 is 9.73 Å². The van der Waals surface area contributed by atoms with Crippen LogP contribution in [0.4, 0.5) is 0 Å². The van der Waals surface area contributed by atoms with Crippen molar-refractivity contribution in [2.24, 2.45) is 0 Å². The Bertz CT molecular complexity index is 373. The first-order valence-electron chi connectivity index (χ1n) is 7.17. The number of rotatable bonds is 4. The van der Waals surface area contributed by atoms with Gasteiger partial charge >= 0.3 is 0 Å². The van der Waals surface area contributed by atoms with Crippen molar-refractivity contribution < 1.29 is 4.42 Å². The Hall–Kier alpha value is -0.800. The smallest absolute Gasteiger partial charge is 0.118 e. The topological polar surface area (TPSA) is 28.4 Å². The molecule has 0 saturated carbocycles. The van der Waals surface area contributed by atoms with Crippen LogP contribution in [0, 0.1) is 6.92 Å². The molecule has 1 aromatic rings. The molecule has 0 amide bonds. The summed E-state index contributed by atoms with van der Waals surface area (Å²) in [6.45, 7) is 7.52. The lowest BCUT2D eigenvalue weighted by Gasteiger charge is -2.26. The second-order valence-corrected chi connectivity index (χ2v) is 5.49. The third-order valence-corrected chi connectivity index (χ3v) is 3.99. The van der Waals surface area contributed by atoms with Gasteiger partial charge in [-0.3, -0.25) is 4.90 Å². The third-order valence-electron chi connectivity index (χ3n) is 3.99. The molecule has 18 heavy (non-hydrogen) atoms. The standard InChI is InChI=1S/C15H26N2O/c1-12-7-5-4-6-8-17(12)11-14-9-15(10-16-3)18-13(14)2/h9,12,16H,4-8,10-11H2,1-3H3.